The van der Waals surface area contributed by atoms with E-state index >= 15 is 0 Å². The molecule has 0 bridgehead atoms. The van der Waals surface area contributed by atoms with Crippen molar-refractivity contribution in [1.29, 1.82) is 0 Å². The van der Waals surface area contributed by atoms with Gasteiger partial charge in [-0.2, -0.15) is 0 Å². The van der Waals surface area contributed by atoms with E-state index in [1.165, 1.54) is 11.3 Å². The van der Waals surface area contributed by atoms with Crippen LogP contribution in [-0.2, 0) is 5.88 Å². The Morgan fingerprint density at radius 1 is 1.33 bits per heavy atom. The van der Waals surface area contributed by atoms with E-state index in [1.54, 1.807) is 11.8 Å². The fraction of sp³-hybridized carbons (Fsp3) is 0.182. The molecule has 2 nitrogen and oxygen atoms in total. The molecule has 0 aliphatic carbocycles. The Balaban J connectivity index is 2.37. The van der Waals surface area contributed by atoms with E-state index in [9.17, 15) is 0 Å². The zero-order valence-corrected chi connectivity index (χ0v) is 9.81. The molecule has 15 heavy (non-hydrogen) atoms. The third kappa shape index (κ3) is 2.19. The van der Waals surface area contributed by atoms with Crippen LogP contribution >= 0.6 is 23.4 Å². The zero-order chi connectivity index (χ0) is 10.7. The SMILES string of the molecule is CSc1ccc(-c2ocnc2CCl)cc1. The van der Waals surface area contributed by atoms with Crippen molar-refractivity contribution in [3.63, 3.8) is 0 Å². The average molecular weight is 240 g/mol. The molecule has 0 saturated carbocycles. The molecule has 0 N–H and O–H groups in total. The van der Waals surface area contributed by atoms with Crippen molar-refractivity contribution in [3.05, 3.63) is 36.4 Å². The number of rotatable bonds is 3. The van der Waals surface area contributed by atoms with Gasteiger partial charge in [0.1, 0.15) is 5.69 Å². The Morgan fingerprint density at radius 3 is 2.67 bits per heavy atom. The van der Waals surface area contributed by atoms with Gasteiger partial charge in [-0.3, -0.25) is 0 Å². The van der Waals surface area contributed by atoms with Crippen LogP contribution in [0.25, 0.3) is 11.3 Å². The van der Waals surface area contributed by atoms with Gasteiger partial charge in [-0.1, -0.05) is 12.1 Å². The Morgan fingerprint density at radius 2 is 2.07 bits per heavy atom. The monoisotopic (exact) mass is 239 g/mol. The van der Waals surface area contributed by atoms with Crippen LogP contribution in [0.4, 0.5) is 0 Å². The molecule has 1 aromatic heterocycles. The molecule has 1 heterocycles. The topological polar surface area (TPSA) is 26.0 Å². The predicted octanol–water partition coefficient (Wildman–Crippen LogP) is 3.80. The van der Waals surface area contributed by atoms with E-state index in [1.807, 2.05) is 18.4 Å². The molecule has 0 radical (unpaired) electrons. The molecular weight excluding hydrogens is 230 g/mol. The quantitative estimate of drug-likeness (QED) is 0.602. The molecule has 0 spiro atoms. The van der Waals surface area contributed by atoms with Crippen LogP contribution in [0.3, 0.4) is 0 Å². The fourth-order valence-electron chi connectivity index (χ4n) is 1.34. The van der Waals surface area contributed by atoms with Gasteiger partial charge < -0.3 is 4.42 Å². The van der Waals surface area contributed by atoms with E-state index < -0.39 is 0 Å². The number of hydrogen-bond acceptors (Lipinski definition) is 3. The van der Waals surface area contributed by atoms with Crippen molar-refractivity contribution < 1.29 is 4.42 Å². The van der Waals surface area contributed by atoms with Crippen LogP contribution < -0.4 is 0 Å². The first-order chi connectivity index (χ1) is 7.35. The second-order valence-electron chi connectivity index (χ2n) is 2.99. The Bertz CT molecular complexity index is 438. The van der Waals surface area contributed by atoms with Crippen LogP contribution in [0.1, 0.15) is 5.69 Å². The average Bonchev–Trinajstić information content (AvgIpc) is 2.77. The molecule has 4 heteroatoms. The van der Waals surface area contributed by atoms with Crippen LogP contribution in [0.5, 0.6) is 0 Å². The minimum absolute atomic E-state index is 0.371. The molecule has 0 aliphatic rings. The number of hydrogen-bond donors (Lipinski definition) is 0. The highest BCUT2D eigenvalue weighted by atomic mass is 35.5. The van der Waals surface area contributed by atoms with Crippen molar-refractivity contribution in [1.82, 2.24) is 4.98 Å². The molecule has 78 valence electrons. The molecular formula is C11H10ClNOS. The Kier molecular flexibility index (Phi) is 3.34. The highest BCUT2D eigenvalue weighted by molar-refractivity contribution is 7.98. The maximum atomic E-state index is 5.76. The lowest BCUT2D eigenvalue weighted by Crippen LogP contribution is -1.82. The molecule has 0 fully saturated rings. The lowest BCUT2D eigenvalue weighted by Gasteiger charge is -2.00. The van der Waals surface area contributed by atoms with Crippen molar-refractivity contribution in [2.75, 3.05) is 6.26 Å². The van der Waals surface area contributed by atoms with Gasteiger partial charge in [0.15, 0.2) is 12.2 Å². The first kappa shape index (κ1) is 10.6. The summed E-state index contributed by atoms with van der Waals surface area (Å²) < 4.78 is 5.31. The third-order valence-electron chi connectivity index (χ3n) is 2.12. The van der Waals surface area contributed by atoms with Gasteiger partial charge in [0.25, 0.3) is 0 Å². The highest BCUT2D eigenvalue weighted by Crippen LogP contribution is 2.26. The summed E-state index contributed by atoms with van der Waals surface area (Å²) in [5.74, 6) is 1.13. The summed E-state index contributed by atoms with van der Waals surface area (Å²) in [5.41, 5.74) is 1.80. The standard InChI is InChI=1S/C11H10ClNOS/c1-15-9-4-2-8(3-5-9)11-10(6-12)13-7-14-11/h2-5,7H,6H2,1H3. The van der Waals surface area contributed by atoms with Gasteiger partial charge in [0.05, 0.1) is 5.88 Å². The van der Waals surface area contributed by atoms with Gasteiger partial charge in [0, 0.05) is 10.5 Å². The summed E-state index contributed by atoms with van der Waals surface area (Å²) in [4.78, 5) is 5.28. The van der Waals surface area contributed by atoms with Gasteiger partial charge >= 0.3 is 0 Å². The van der Waals surface area contributed by atoms with Crippen molar-refractivity contribution in [2.45, 2.75) is 10.8 Å². The number of halogens is 1. The summed E-state index contributed by atoms with van der Waals surface area (Å²) in [5, 5.41) is 0. The molecule has 2 aromatic rings. The van der Waals surface area contributed by atoms with Crippen LogP contribution in [0.2, 0.25) is 0 Å². The number of benzene rings is 1. The van der Waals surface area contributed by atoms with E-state index in [0.717, 1.165) is 17.0 Å². The zero-order valence-electron chi connectivity index (χ0n) is 8.24. The largest absolute Gasteiger partial charge is 0.443 e. The Hall–Kier alpha value is -0.930. The molecule has 2 rings (SSSR count). The summed E-state index contributed by atoms with van der Waals surface area (Å²) in [6.07, 6.45) is 3.48. The third-order valence-corrected chi connectivity index (χ3v) is 3.12. The molecule has 0 aliphatic heterocycles. The van der Waals surface area contributed by atoms with E-state index in [2.05, 4.69) is 17.1 Å². The van der Waals surface area contributed by atoms with Crippen molar-refractivity contribution in [2.24, 2.45) is 0 Å². The summed E-state index contributed by atoms with van der Waals surface area (Å²) >= 11 is 7.47. The second-order valence-corrected chi connectivity index (χ2v) is 4.14. The van der Waals surface area contributed by atoms with Crippen molar-refractivity contribution in [3.8, 4) is 11.3 Å². The normalized spacial score (nSPS) is 10.5. The molecule has 0 saturated heterocycles. The number of aromatic nitrogens is 1. The van der Waals surface area contributed by atoms with Crippen molar-refractivity contribution >= 4 is 23.4 Å². The number of alkyl halides is 1. The maximum absolute atomic E-state index is 5.76. The second kappa shape index (κ2) is 4.73. The summed E-state index contributed by atoms with van der Waals surface area (Å²) in [6.45, 7) is 0. The van der Waals surface area contributed by atoms with E-state index in [0.29, 0.717) is 5.88 Å². The summed E-state index contributed by atoms with van der Waals surface area (Å²) in [6, 6.07) is 8.14. The van der Waals surface area contributed by atoms with E-state index in [-0.39, 0.29) is 0 Å². The minimum Gasteiger partial charge on any atom is -0.443 e. The van der Waals surface area contributed by atoms with Crippen LogP contribution in [0, 0.1) is 0 Å². The van der Waals surface area contributed by atoms with E-state index in [4.69, 9.17) is 16.0 Å². The van der Waals surface area contributed by atoms with Gasteiger partial charge in [-0.15, -0.1) is 23.4 Å². The van der Waals surface area contributed by atoms with Gasteiger partial charge in [0.2, 0.25) is 0 Å². The molecule has 1 aromatic carbocycles. The van der Waals surface area contributed by atoms with Crippen LogP contribution in [0.15, 0.2) is 40.0 Å². The predicted molar refractivity (Wildman–Crippen MR) is 63.3 cm³/mol. The lowest BCUT2D eigenvalue weighted by atomic mass is 10.1. The molecule has 0 unspecified atom stereocenters. The first-order valence-corrected chi connectivity index (χ1v) is 6.24. The first-order valence-electron chi connectivity index (χ1n) is 4.48. The maximum Gasteiger partial charge on any atom is 0.181 e. The highest BCUT2D eigenvalue weighted by Gasteiger charge is 2.09. The smallest absolute Gasteiger partial charge is 0.181 e. The van der Waals surface area contributed by atoms with Gasteiger partial charge in [-0.05, 0) is 18.4 Å². The minimum atomic E-state index is 0.371. The number of thioether (sulfide) groups is 1. The summed E-state index contributed by atoms with van der Waals surface area (Å²) in [7, 11) is 0. The number of nitrogens with zero attached hydrogens (tertiary/aromatic N) is 1. The lowest BCUT2D eigenvalue weighted by molar-refractivity contribution is 0.571. The molecule has 0 atom stereocenters. The molecule has 0 amide bonds. The number of oxazole rings is 1. The van der Waals surface area contributed by atoms with Crippen LogP contribution in [-0.4, -0.2) is 11.2 Å². The fourth-order valence-corrected chi connectivity index (χ4v) is 1.94. The van der Waals surface area contributed by atoms with Gasteiger partial charge in [-0.25, -0.2) is 4.98 Å². The Labute approximate surface area is 97.7 Å².